The van der Waals surface area contributed by atoms with Crippen molar-refractivity contribution >= 4 is 11.8 Å². The second-order valence-corrected chi connectivity index (χ2v) is 8.90. The fourth-order valence-corrected chi connectivity index (χ4v) is 4.18. The number of fused-ring (bicyclic) bond motifs is 2. The summed E-state index contributed by atoms with van der Waals surface area (Å²) in [6, 6.07) is 11.0. The van der Waals surface area contributed by atoms with E-state index in [4.69, 9.17) is 9.47 Å². The lowest BCUT2D eigenvalue weighted by Crippen LogP contribution is -2.48. The van der Waals surface area contributed by atoms with Gasteiger partial charge in [0.1, 0.15) is 12.2 Å². The molecule has 0 aliphatic carbocycles. The van der Waals surface area contributed by atoms with Gasteiger partial charge in [-0.05, 0) is 57.2 Å². The number of para-hydroxylation sites is 2. The van der Waals surface area contributed by atoms with Crippen LogP contribution in [-0.2, 0) is 4.79 Å². The summed E-state index contributed by atoms with van der Waals surface area (Å²) < 4.78 is 12.0. The molecule has 0 atom stereocenters. The highest BCUT2D eigenvalue weighted by molar-refractivity contribution is 5.96. The smallest absolute Gasteiger partial charge is 0.259 e. The second-order valence-electron chi connectivity index (χ2n) is 8.90. The molecule has 1 saturated heterocycles. The number of likely N-dealkylation sites (N-methyl/N-ethyl adjacent to an activating group) is 1. The summed E-state index contributed by atoms with van der Waals surface area (Å²) in [5, 5.41) is 3.17. The molecule has 9 nitrogen and oxygen atoms in total. The van der Waals surface area contributed by atoms with Crippen LogP contribution in [0.15, 0.2) is 42.6 Å². The maximum absolute atomic E-state index is 13.1. The minimum atomic E-state index is -0.184. The molecule has 0 spiro atoms. The third kappa shape index (κ3) is 6.24. The molecule has 2 aliphatic heterocycles. The molecule has 34 heavy (non-hydrogen) atoms. The van der Waals surface area contributed by atoms with Crippen LogP contribution in [-0.4, -0.2) is 97.5 Å². The predicted octanol–water partition coefficient (Wildman–Crippen LogP) is 1.85. The Hall–Kier alpha value is -3.17. The zero-order valence-electron chi connectivity index (χ0n) is 19.9. The fraction of sp³-hybridized carbons (Fsp3) is 0.480. The number of carbonyl (C=O) groups is 2. The van der Waals surface area contributed by atoms with Crippen LogP contribution < -0.4 is 14.8 Å². The molecule has 1 fully saturated rings. The number of aromatic nitrogens is 1. The number of nitrogens with one attached hydrogen (secondary N) is 1. The molecule has 9 heteroatoms. The van der Waals surface area contributed by atoms with Crippen LogP contribution in [0.1, 0.15) is 23.2 Å². The summed E-state index contributed by atoms with van der Waals surface area (Å²) in [5.41, 5.74) is 0.380. The van der Waals surface area contributed by atoms with Gasteiger partial charge in [-0.25, -0.2) is 4.98 Å². The maximum atomic E-state index is 13.1. The molecule has 0 radical (unpaired) electrons. The number of hydrogen-bond acceptors (Lipinski definition) is 7. The van der Waals surface area contributed by atoms with Crippen LogP contribution in [0.3, 0.4) is 0 Å². The van der Waals surface area contributed by atoms with E-state index in [9.17, 15) is 9.59 Å². The van der Waals surface area contributed by atoms with Crippen LogP contribution in [0.5, 0.6) is 17.4 Å². The topological polar surface area (TPSA) is 87.2 Å². The van der Waals surface area contributed by atoms with Crippen molar-refractivity contribution in [3.05, 3.63) is 48.2 Å². The Labute approximate surface area is 200 Å². The Morgan fingerprint density at radius 3 is 2.59 bits per heavy atom. The zero-order valence-corrected chi connectivity index (χ0v) is 19.9. The van der Waals surface area contributed by atoms with E-state index in [0.717, 1.165) is 25.9 Å². The van der Waals surface area contributed by atoms with Crippen molar-refractivity contribution in [2.24, 2.45) is 0 Å². The van der Waals surface area contributed by atoms with Crippen molar-refractivity contribution in [2.45, 2.75) is 18.9 Å². The molecule has 182 valence electrons. The minimum absolute atomic E-state index is 0.00567. The average molecular weight is 468 g/mol. The third-order valence-corrected chi connectivity index (χ3v) is 6.27. The van der Waals surface area contributed by atoms with E-state index in [-0.39, 0.29) is 30.3 Å². The Kier molecular flexibility index (Phi) is 7.97. The van der Waals surface area contributed by atoms with Gasteiger partial charge >= 0.3 is 0 Å². The molecule has 1 aromatic heterocycles. The van der Waals surface area contributed by atoms with Crippen LogP contribution in [0.2, 0.25) is 0 Å². The first-order valence-corrected chi connectivity index (χ1v) is 11.8. The molecule has 2 aromatic rings. The highest BCUT2D eigenvalue weighted by Gasteiger charge is 2.23. The number of carbonyl (C=O) groups excluding carboxylic acids is 2. The van der Waals surface area contributed by atoms with Crippen LogP contribution in [0.4, 0.5) is 0 Å². The van der Waals surface area contributed by atoms with Crippen LogP contribution in [0, 0.1) is 0 Å². The first kappa shape index (κ1) is 24.0. The molecule has 0 bridgehead atoms. The summed E-state index contributed by atoms with van der Waals surface area (Å²) in [4.78, 5) is 36.1. The van der Waals surface area contributed by atoms with Gasteiger partial charge in [-0.3, -0.25) is 14.5 Å². The Balaban J connectivity index is 1.48. The first-order valence-electron chi connectivity index (χ1n) is 11.8. The SMILES string of the molecule is CN1CCC(NC(=O)CN2CCOc3ccccc3Oc3ncccc3C(=O)N(C)CC2)CC1. The molecule has 1 N–H and O–H groups in total. The van der Waals surface area contributed by atoms with Crippen LogP contribution >= 0.6 is 0 Å². The number of amides is 2. The van der Waals surface area contributed by atoms with Crippen molar-refractivity contribution in [3.63, 3.8) is 0 Å². The summed E-state index contributed by atoms with van der Waals surface area (Å²) in [6.07, 6.45) is 3.53. The van der Waals surface area contributed by atoms with Gasteiger partial charge < -0.3 is 24.6 Å². The number of pyridine rings is 1. The monoisotopic (exact) mass is 467 g/mol. The summed E-state index contributed by atoms with van der Waals surface area (Å²) in [7, 11) is 3.85. The number of hydrogen-bond donors (Lipinski definition) is 1. The van der Waals surface area contributed by atoms with Crippen LogP contribution in [0.25, 0.3) is 0 Å². The Morgan fingerprint density at radius 1 is 1.03 bits per heavy atom. The van der Waals surface area contributed by atoms with E-state index in [1.54, 1.807) is 36.3 Å². The van der Waals surface area contributed by atoms with E-state index >= 15 is 0 Å². The molecule has 4 rings (SSSR count). The number of piperidine rings is 1. The lowest BCUT2D eigenvalue weighted by molar-refractivity contribution is -0.123. The van der Waals surface area contributed by atoms with Gasteiger partial charge in [-0.2, -0.15) is 0 Å². The third-order valence-electron chi connectivity index (χ3n) is 6.27. The van der Waals surface area contributed by atoms with Gasteiger partial charge in [0.25, 0.3) is 5.91 Å². The van der Waals surface area contributed by atoms with E-state index in [2.05, 4.69) is 22.2 Å². The lowest BCUT2D eigenvalue weighted by atomic mass is 10.1. The van der Waals surface area contributed by atoms with Gasteiger partial charge in [0.05, 0.1) is 6.54 Å². The number of ether oxygens (including phenoxy) is 2. The Morgan fingerprint density at radius 2 is 1.79 bits per heavy atom. The molecule has 2 amide bonds. The lowest BCUT2D eigenvalue weighted by Gasteiger charge is -2.30. The van der Waals surface area contributed by atoms with Gasteiger partial charge in [0.15, 0.2) is 11.5 Å². The molecular weight excluding hydrogens is 434 g/mol. The highest BCUT2D eigenvalue weighted by Crippen LogP contribution is 2.32. The largest absolute Gasteiger partial charge is 0.488 e. The van der Waals surface area contributed by atoms with Crippen molar-refractivity contribution in [1.29, 1.82) is 0 Å². The standard InChI is InChI=1S/C25H33N5O4/c1-28-12-9-19(10-13-28)27-23(31)18-30-15-14-29(2)25(32)20-6-5-11-26-24(20)34-22-8-4-3-7-21(22)33-17-16-30/h3-8,11,19H,9-10,12-18H2,1-2H3,(H,27,31). The fourth-order valence-electron chi connectivity index (χ4n) is 4.18. The van der Waals surface area contributed by atoms with E-state index in [1.165, 1.54) is 0 Å². The molecule has 0 unspecified atom stereocenters. The summed E-state index contributed by atoms with van der Waals surface area (Å²) in [5.74, 6) is 1.12. The van der Waals surface area contributed by atoms with Crippen molar-refractivity contribution in [2.75, 3.05) is 60.0 Å². The summed E-state index contributed by atoms with van der Waals surface area (Å²) in [6.45, 7) is 4.18. The van der Waals surface area contributed by atoms with Crippen molar-refractivity contribution in [3.8, 4) is 17.4 Å². The predicted molar refractivity (Wildman–Crippen MR) is 128 cm³/mol. The van der Waals surface area contributed by atoms with E-state index in [1.807, 2.05) is 23.1 Å². The first-order chi connectivity index (χ1) is 16.5. The highest BCUT2D eigenvalue weighted by atomic mass is 16.5. The normalized spacial score (nSPS) is 18.9. The molecule has 1 aromatic carbocycles. The van der Waals surface area contributed by atoms with E-state index in [0.29, 0.717) is 43.3 Å². The number of rotatable bonds is 3. The maximum Gasteiger partial charge on any atom is 0.259 e. The molecule has 2 aliphatic rings. The Bertz CT molecular complexity index is 993. The summed E-state index contributed by atoms with van der Waals surface area (Å²) >= 11 is 0. The molecule has 3 heterocycles. The van der Waals surface area contributed by atoms with Gasteiger partial charge in [0.2, 0.25) is 11.8 Å². The average Bonchev–Trinajstić information content (AvgIpc) is 2.85. The molecule has 0 saturated carbocycles. The quantitative estimate of drug-likeness (QED) is 0.737. The van der Waals surface area contributed by atoms with Gasteiger partial charge in [0, 0.05) is 38.9 Å². The van der Waals surface area contributed by atoms with E-state index < -0.39 is 0 Å². The van der Waals surface area contributed by atoms with Gasteiger partial charge in [-0.15, -0.1) is 0 Å². The minimum Gasteiger partial charge on any atom is -0.488 e. The van der Waals surface area contributed by atoms with Crippen molar-refractivity contribution < 1.29 is 19.1 Å². The zero-order chi connectivity index (χ0) is 23.9. The van der Waals surface area contributed by atoms with Crippen molar-refractivity contribution in [1.82, 2.24) is 25.0 Å². The number of nitrogens with zero attached hydrogens (tertiary/aromatic N) is 4. The number of likely N-dealkylation sites (tertiary alicyclic amines) is 1. The second kappa shape index (κ2) is 11.3. The molecular formula is C25H33N5O4. The number of benzene rings is 1. The van der Waals surface area contributed by atoms with Gasteiger partial charge in [-0.1, -0.05) is 12.1 Å².